The predicted octanol–water partition coefficient (Wildman–Crippen LogP) is 5.22. The summed E-state index contributed by atoms with van der Waals surface area (Å²) in [6.07, 6.45) is 15.7. The quantitative estimate of drug-likeness (QED) is 0.557. The van der Waals surface area contributed by atoms with Crippen LogP contribution in [0, 0.1) is 23.7 Å². The van der Waals surface area contributed by atoms with Crippen molar-refractivity contribution in [2.75, 3.05) is 18.6 Å². The first-order valence-electron chi connectivity index (χ1n) is 12.5. The van der Waals surface area contributed by atoms with Gasteiger partial charge in [-0.15, -0.1) is 11.3 Å². The van der Waals surface area contributed by atoms with Crippen LogP contribution in [0.15, 0.2) is 46.3 Å². The molecule has 3 heterocycles. The zero-order chi connectivity index (χ0) is 24.9. The number of carbonyl (C=O) groups is 2. The van der Waals surface area contributed by atoms with Crippen LogP contribution in [-0.2, 0) is 14.3 Å². The topological polar surface area (TPSA) is 92.1 Å². The number of nitrogens with zero attached hydrogens (tertiary/aromatic N) is 3. The summed E-state index contributed by atoms with van der Waals surface area (Å²) in [5, 5.41) is 12.2. The molecule has 1 aromatic heterocycles. The smallest absolute Gasteiger partial charge is 0.304 e. The fraction of sp³-hybridized carbons (Fsp3) is 0.556. The molecule has 0 radical (unpaired) electrons. The fourth-order valence-corrected chi connectivity index (χ4v) is 6.32. The second-order valence-corrected chi connectivity index (χ2v) is 10.7. The number of allylic oxidation sites excluding steroid dienone is 5. The number of amides is 1. The Morgan fingerprint density at radius 2 is 2.03 bits per heavy atom. The number of methoxy groups -OCH3 is 1. The maximum Gasteiger partial charge on any atom is 0.304 e. The molecule has 7 nitrogen and oxygen atoms in total. The Hall–Kier alpha value is -2.58. The number of carboxylic acids is 1. The molecule has 5 atom stereocenters. The van der Waals surface area contributed by atoms with Gasteiger partial charge in [0.25, 0.3) is 0 Å². The van der Waals surface area contributed by atoms with E-state index >= 15 is 0 Å². The lowest BCUT2D eigenvalue weighted by atomic mass is 9.76. The molecule has 3 aliphatic rings. The average Bonchev–Trinajstić information content (AvgIpc) is 3.33. The molecule has 8 heteroatoms. The van der Waals surface area contributed by atoms with Crippen molar-refractivity contribution < 1.29 is 19.4 Å². The number of hydrogen-bond acceptors (Lipinski definition) is 6. The summed E-state index contributed by atoms with van der Waals surface area (Å²) in [6, 6.07) is 0. The Labute approximate surface area is 211 Å². The third-order valence-electron chi connectivity index (χ3n) is 7.34. The Balaban J connectivity index is 1.58. The second-order valence-electron chi connectivity index (χ2n) is 9.88. The van der Waals surface area contributed by atoms with Gasteiger partial charge in [0.15, 0.2) is 11.4 Å². The van der Waals surface area contributed by atoms with E-state index in [1.165, 1.54) is 11.3 Å². The minimum Gasteiger partial charge on any atom is -0.481 e. The van der Waals surface area contributed by atoms with Gasteiger partial charge in [0.05, 0.1) is 18.0 Å². The van der Waals surface area contributed by atoms with Crippen molar-refractivity contribution in [1.82, 2.24) is 4.98 Å². The van der Waals surface area contributed by atoms with Crippen molar-refractivity contribution in [2.45, 2.75) is 58.1 Å². The Morgan fingerprint density at radius 3 is 2.69 bits per heavy atom. The molecule has 0 aromatic carbocycles. The highest BCUT2D eigenvalue weighted by molar-refractivity contribution is 7.14. The molecule has 1 aromatic rings. The maximum absolute atomic E-state index is 13.7. The van der Waals surface area contributed by atoms with Crippen LogP contribution in [0.4, 0.5) is 5.13 Å². The van der Waals surface area contributed by atoms with Crippen LogP contribution in [0.25, 0.3) is 0 Å². The molecule has 1 fully saturated rings. The van der Waals surface area contributed by atoms with Gasteiger partial charge in [-0.05, 0) is 30.3 Å². The third kappa shape index (κ3) is 5.81. The lowest BCUT2D eigenvalue weighted by Gasteiger charge is -2.34. The van der Waals surface area contributed by atoms with Gasteiger partial charge in [0.2, 0.25) is 5.91 Å². The van der Waals surface area contributed by atoms with Crippen LogP contribution in [0.2, 0.25) is 0 Å². The highest BCUT2D eigenvalue weighted by Crippen LogP contribution is 2.39. The van der Waals surface area contributed by atoms with Crippen molar-refractivity contribution in [1.29, 1.82) is 0 Å². The molecule has 0 saturated carbocycles. The monoisotopic (exact) mass is 497 g/mol. The third-order valence-corrected chi connectivity index (χ3v) is 8.22. The van der Waals surface area contributed by atoms with Crippen molar-refractivity contribution in [3.05, 3.63) is 47.0 Å². The van der Waals surface area contributed by atoms with E-state index in [4.69, 9.17) is 9.72 Å². The van der Waals surface area contributed by atoms with Crippen molar-refractivity contribution in [2.24, 2.45) is 28.7 Å². The number of hydrogen-bond donors (Lipinski definition) is 1. The fourth-order valence-electron chi connectivity index (χ4n) is 5.42. The molecule has 0 spiro atoms. The first-order chi connectivity index (χ1) is 16.9. The number of aliphatic carboxylic acids is 1. The van der Waals surface area contributed by atoms with E-state index in [1.807, 2.05) is 17.7 Å². The standard InChI is InChI=1S/C27H35N3O4S/c1-17(2)19-8-6-7-13-30(26(33)22(19)14-25(31)32)27-29-23(16-35-27)21-10-5-4-9-20(21)18-11-12-24(34-3)28-15-18/h4-5,9-11,15-17,19-22,24H,6-8,12-14H2,1-3H3,(H,31,32)/t19-,20?,21?,22+,24?/m1/s1. The number of aromatic nitrogens is 1. The molecule has 1 aliphatic carbocycles. The molecule has 1 amide bonds. The van der Waals surface area contributed by atoms with Crippen LogP contribution >= 0.6 is 11.3 Å². The summed E-state index contributed by atoms with van der Waals surface area (Å²) < 4.78 is 5.33. The van der Waals surface area contributed by atoms with Gasteiger partial charge in [-0.2, -0.15) is 0 Å². The van der Waals surface area contributed by atoms with E-state index in [2.05, 4.69) is 43.1 Å². The largest absolute Gasteiger partial charge is 0.481 e. The Morgan fingerprint density at radius 1 is 1.26 bits per heavy atom. The number of carboxylic acid groups (broad SMARTS) is 1. The van der Waals surface area contributed by atoms with Gasteiger partial charge in [-0.1, -0.05) is 50.6 Å². The summed E-state index contributed by atoms with van der Waals surface area (Å²) in [6.45, 7) is 4.75. The highest BCUT2D eigenvalue weighted by Gasteiger charge is 2.38. The molecule has 3 unspecified atom stereocenters. The van der Waals surface area contributed by atoms with Gasteiger partial charge < -0.3 is 9.84 Å². The van der Waals surface area contributed by atoms with Gasteiger partial charge in [0.1, 0.15) is 0 Å². The molecule has 188 valence electrons. The first kappa shape index (κ1) is 25.5. The van der Waals surface area contributed by atoms with Gasteiger partial charge in [0, 0.05) is 43.5 Å². The van der Waals surface area contributed by atoms with E-state index in [-0.39, 0.29) is 42.2 Å². The summed E-state index contributed by atoms with van der Waals surface area (Å²) in [7, 11) is 1.67. The number of aliphatic imine (C=N–C) groups is 1. The van der Waals surface area contributed by atoms with Crippen LogP contribution in [0.3, 0.4) is 0 Å². The zero-order valence-corrected chi connectivity index (χ0v) is 21.5. The lowest BCUT2D eigenvalue weighted by molar-refractivity contribution is -0.142. The van der Waals surface area contributed by atoms with Crippen molar-refractivity contribution in [3.63, 3.8) is 0 Å². The van der Waals surface area contributed by atoms with Crippen molar-refractivity contribution >= 4 is 34.6 Å². The number of anilines is 1. The number of ether oxygens (including phenoxy) is 1. The second kappa shape index (κ2) is 11.4. The highest BCUT2D eigenvalue weighted by atomic mass is 32.1. The number of rotatable bonds is 7. The normalized spacial score (nSPS) is 29.3. The van der Waals surface area contributed by atoms with Crippen molar-refractivity contribution in [3.8, 4) is 0 Å². The summed E-state index contributed by atoms with van der Waals surface area (Å²) in [4.78, 5) is 36.5. The zero-order valence-electron chi connectivity index (χ0n) is 20.7. The number of thiazole rings is 1. The predicted molar refractivity (Wildman–Crippen MR) is 139 cm³/mol. The minimum absolute atomic E-state index is 0.0462. The molecule has 4 rings (SSSR count). The van der Waals surface area contributed by atoms with Crippen LogP contribution in [-0.4, -0.2) is 48.1 Å². The van der Waals surface area contributed by atoms with Crippen LogP contribution < -0.4 is 4.90 Å². The van der Waals surface area contributed by atoms with E-state index in [9.17, 15) is 14.7 Å². The summed E-state index contributed by atoms with van der Waals surface area (Å²) >= 11 is 1.47. The Bertz CT molecular complexity index is 1040. The van der Waals surface area contributed by atoms with Crippen LogP contribution in [0.1, 0.15) is 57.6 Å². The SMILES string of the molecule is COC1CC=C(C2C=CC=CC2c2csc(N3CCCC[C@H](C(C)C)[C@H](CC(=O)O)C3=O)n2)C=N1. The number of carbonyl (C=O) groups excluding carboxylic acids is 1. The maximum atomic E-state index is 13.7. The van der Waals surface area contributed by atoms with Gasteiger partial charge >= 0.3 is 5.97 Å². The molecule has 1 N–H and O–H groups in total. The first-order valence-corrected chi connectivity index (χ1v) is 13.4. The average molecular weight is 498 g/mol. The van der Waals surface area contributed by atoms with E-state index in [0.717, 1.165) is 37.0 Å². The Kier molecular flexibility index (Phi) is 8.34. The molecular weight excluding hydrogens is 462 g/mol. The minimum atomic E-state index is -0.922. The summed E-state index contributed by atoms with van der Waals surface area (Å²) in [5.41, 5.74) is 2.06. The lowest BCUT2D eigenvalue weighted by Crippen LogP contribution is -2.43. The molecule has 2 aliphatic heterocycles. The van der Waals surface area contributed by atoms with Crippen LogP contribution in [0.5, 0.6) is 0 Å². The van der Waals surface area contributed by atoms with E-state index < -0.39 is 11.9 Å². The molecule has 0 bridgehead atoms. The molecular formula is C27H35N3O4S. The summed E-state index contributed by atoms with van der Waals surface area (Å²) in [5.74, 6) is -1.08. The van der Waals surface area contributed by atoms with E-state index in [1.54, 1.807) is 12.0 Å². The van der Waals surface area contributed by atoms with Gasteiger partial charge in [-0.3, -0.25) is 19.5 Å². The molecule has 1 saturated heterocycles. The van der Waals surface area contributed by atoms with Gasteiger partial charge in [-0.25, -0.2) is 4.98 Å². The van der Waals surface area contributed by atoms with E-state index in [0.29, 0.717) is 11.7 Å². The number of dihydropyridines is 1. The molecule has 35 heavy (non-hydrogen) atoms.